The van der Waals surface area contributed by atoms with Crippen molar-refractivity contribution in [1.29, 1.82) is 0 Å². The Kier molecular flexibility index (Phi) is 5.85. The van der Waals surface area contributed by atoms with E-state index in [1.54, 1.807) is 14.2 Å². The molecule has 2 aromatic rings. The Morgan fingerprint density at radius 2 is 1.62 bits per heavy atom. The summed E-state index contributed by atoms with van der Waals surface area (Å²) >= 11 is 0. The van der Waals surface area contributed by atoms with Crippen molar-refractivity contribution in [2.45, 2.75) is 57.3 Å². The summed E-state index contributed by atoms with van der Waals surface area (Å²) in [4.78, 5) is 26.0. The molecule has 0 radical (unpaired) electrons. The number of carbonyl (C=O) groups is 2. The highest BCUT2D eigenvalue weighted by atomic mass is 16.5. The fourth-order valence-electron chi connectivity index (χ4n) is 4.83. The molecule has 1 aliphatic carbocycles. The number of hydrogen-bond donors (Lipinski definition) is 1. The Bertz CT molecular complexity index is 1080. The van der Waals surface area contributed by atoms with Gasteiger partial charge in [0, 0.05) is 35.6 Å². The molecule has 0 unspecified atom stereocenters. The number of rotatable bonds is 4. The van der Waals surface area contributed by atoms with E-state index in [2.05, 4.69) is 50.4 Å². The van der Waals surface area contributed by atoms with Crippen LogP contribution in [0.2, 0.25) is 0 Å². The van der Waals surface area contributed by atoms with Crippen molar-refractivity contribution in [2.75, 3.05) is 14.2 Å². The highest BCUT2D eigenvalue weighted by Gasteiger charge is 2.39. The van der Waals surface area contributed by atoms with Gasteiger partial charge in [-0.2, -0.15) is 0 Å². The van der Waals surface area contributed by atoms with E-state index in [9.17, 15) is 9.59 Å². The highest BCUT2D eigenvalue weighted by Crippen LogP contribution is 2.45. The predicted octanol–water partition coefficient (Wildman–Crippen LogP) is 5.01. The second-order valence-electron chi connectivity index (χ2n) is 9.71. The lowest BCUT2D eigenvalue weighted by Crippen LogP contribution is -2.38. The number of nitrogens with one attached hydrogen (secondary N) is 1. The lowest BCUT2D eigenvalue weighted by atomic mass is 9.73. The summed E-state index contributed by atoms with van der Waals surface area (Å²) < 4.78 is 10.9. The smallest absolute Gasteiger partial charge is 0.225 e. The zero-order chi connectivity index (χ0) is 23.0. The maximum absolute atomic E-state index is 13.4. The Balaban J connectivity index is 1.70. The zero-order valence-electron chi connectivity index (χ0n) is 19.5. The third-order valence-corrected chi connectivity index (χ3v) is 6.60. The summed E-state index contributed by atoms with van der Waals surface area (Å²) in [5.41, 5.74) is 4.75. The average Bonchev–Trinajstić information content (AvgIpc) is 2.77. The molecule has 0 saturated carbocycles. The van der Waals surface area contributed by atoms with Gasteiger partial charge in [-0.25, -0.2) is 0 Å². The summed E-state index contributed by atoms with van der Waals surface area (Å²) in [5, 5.41) is 3.00. The number of allylic oxidation sites excluding steroid dienone is 2. The predicted molar refractivity (Wildman–Crippen MR) is 124 cm³/mol. The molecule has 1 amide bonds. The minimum atomic E-state index is -0.333. The summed E-state index contributed by atoms with van der Waals surface area (Å²) in [6, 6.07) is 14.1. The number of carbonyl (C=O) groups excluding carboxylic acids is 2. The van der Waals surface area contributed by atoms with E-state index in [1.165, 1.54) is 5.56 Å². The molecule has 2 atom stereocenters. The molecule has 4 rings (SSSR count). The van der Waals surface area contributed by atoms with Gasteiger partial charge in [0.05, 0.1) is 14.2 Å². The van der Waals surface area contributed by atoms with Crippen LogP contribution in [0, 0.1) is 0 Å². The quantitative estimate of drug-likeness (QED) is 0.737. The second-order valence-corrected chi connectivity index (χ2v) is 9.71. The van der Waals surface area contributed by atoms with E-state index in [0.29, 0.717) is 29.9 Å². The molecule has 0 spiro atoms. The van der Waals surface area contributed by atoms with Crippen molar-refractivity contribution in [3.8, 4) is 11.5 Å². The third-order valence-electron chi connectivity index (χ3n) is 6.60. The van der Waals surface area contributed by atoms with E-state index < -0.39 is 0 Å². The van der Waals surface area contributed by atoms with Crippen LogP contribution in [-0.4, -0.2) is 25.9 Å². The molecule has 1 heterocycles. The van der Waals surface area contributed by atoms with Gasteiger partial charge in [-0.3, -0.25) is 9.59 Å². The SMILES string of the molecule is COc1ccc(OC)c([C@@H]2CC(=O)NC3=C2C(=O)C[C@H](c2ccc(C(C)(C)C)cc2)C3)c1. The highest BCUT2D eigenvalue weighted by molar-refractivity contribution is 6.02. The van der Waals surface area contributed by atoms with E-state index in [4.69, 9.17) is 9.47 Å². The van der Waals surface area contributed by atoms with Crippen LogP contribution in [0.25, 0.3) is 0 Å². The fraction of sp³-hybridized carbons (Fsp3) is 0.407. The lowest BCUT2D eigenvalue weighted by Gasteiger charge is -2.35. The van der Waals surface area contributed by atoms with Crippen molar-refractivity contribution in [1.82, 2.24) is 5.32 Å². The topological polar surface area (TPSA) is 64.6 Å². The number of ketones is 1. The molecule has 0 aromatic heterocycles. The van der Waals surface area contributed by atoms with E-state index >= 15 is 0 Å². The Morgan fingerprint density at radius 1 is 0.906 bits per heavy atom. The van der Waals surface area contributed by atoms with E-state index in [1.807, 2.05) is 18.2 Å². The maximum Gasteiger partial charge on any atom is 0.225 e. The van der Waals surface area contributed by atoms with Crippen molar-refractivity contribution in [3.05, 3.63) is 70.4 Å². The molecule has 0 fully saturated rings. The van der Waals surface area contributed by atoms with Gasteiger partial charge in [-0.15, -0.1) is 0 Å². The maximum atomic E-state index is 13.4. The standard InChI is InChI=1S/C27H31NO4/c1-27(2,3)18-8-6-16(7-9-18)17-12-22-26(23(29)13-17)21(15-25(30)28-22)20-14-19(31-4)10-11-24(20)32-5/h6-11,14,17,21H,12-13,15H2,1-5H3,(H,28,30)/t17-,21+/m1/s1. The van der Waals surface area contributed by atoms with Gasteiger partial charge in [-0.05, 0) is 47.1 Å². The zero-order valence-corrected chi connectivity index (χ0v) is 19.5. The molecular formula is C27H31NO4. The molecule has 1 aliphatic heterocycles. The number of methoxy groups -OCH3 is 2. The van der Waals surface area contributed by atoms with Gasteiger partial charge in [0.1, 0.15) is 11.5 Å². The first-order chi connectivity index (χ1) is 15.2. The average molecular weight is 434 g/mol. The van der Waals surface area contributed by atoms with Crippen LogP contribution in [0.15, 0.2) is 53.7 Å². The Morgan fingerprint density at radius 3 is 2.25 bits per heavy atom. The van der Waals surface area contributed by atoms with Gasteiger partial charge >= 0.3 is 0 Å². The van der Waals surface area contributed by atoms with Crippen molar-refractivity contribution >= 4 is 11.7 Å². The summed E-state index contributed by atoms with van der Waals surface area (Å²) in [6.07, 6.45) is 1.30. The summed E-state index contributed by atoms with van der Waals surface area (Å²) in [5.74, 6) is 1.07. The van der Waals surface area contributed by atoms with Gasteiger partial charge in [0.2, 0.25) is 5.91 Å². The third kappa shape index (κ3) is 4.16. The Labute approximate surface area is 189 Å². The molecule has 0 bridgehead atoms. The van der Waals surface area contributed by atoms with Crippen LogP contribution in [-0.2, 0) is 15.0 Å². The number of benzene rings is 2. The van der Waals surface area contributed by atoms with Crippen molar-refractivity contribution in [2.24, 2.45) is 0 Å². The summed E-state index contributed by atoms with van der Waals surface area (Å²) in [7, 11) is 3.20. The van der Waals surface area contributed by atoms with Gasteiger partial charge < -0.3 is 14.8 Å². The molecule has 32 heavy (non-hydrogen) atoms. The molecule has 2 aromatic carbocycles. The van der Waals surface area contributed by atoms with Gasteiger partial charge in [0.25, 0.3) is 0 Å². The largest absolute Gasteiger partial charge is 0.497 e. The normalized spacial score (nSPS) is 21.2. The van der Waals surface area contributed by atoms with Crippen LogP contribution in [0.4, 0.5) is 0 Å². The molecule has 2 aliphatic rings. The van der Waals surface area contributed by atoms with Crippen LogP contribution < -0.4 is 14.8 Å². The second kappa shape index (κ2) is 8.45. The number of hydrogen-bond acceptors (Lipinski definition) is 4. The van der Waals surface area contributed by atoms with Crippen molar-refractivity contribution in [3.63, 3.8) is 0 Å². The molecular weight excluding hydrogens is 402 g/mol. The van der Waals surface area contributed by atoms with Crippen LogP contribution in [0.5, 0.6) is 11.5 Å². The van der Waals surface area contributed by atoms with Crippen LogP contribution >= 0.6 is 0 Å². The molecule has 5 nitrogen and oxygen atoms in total. The molecule has 5 heteroatoms. The van der Waals surface area contributed by atoms with Crippen LogP contribution in [0.3, 0.4) is 0 Å². The van der Waals surface area contributed by atoms with Gasteiger partial charge in [-0.1, -0.05) is 45.0 Å². The number of amides is 1. The minimum absolute atomic E-state index is 0.0570. The Hall–Kier alpha value is -3.08. The molecule has 168 valence electrons. The monoisotopic (exact) mass is 433 g/mol. The van der Waals surface area contributed by atoms with Crippen LogP contribution in [0.1, 0.15) is 68.6 Å². The van der Waals surface area contributed by atoms with Gasteiger partial charge in [0.15, 0.2) is 5.78 Å². The molecule has 0 saturated heterocycles. The first-order valence-corrected chi connectivity index (χ1v) is 11.1. The van der Waals surface area contributed by atoms with E-state index in [-0.39, 0.29) is 35.4 Å². The number of Topliss-reactive ketones (excluding diaryl/α,β-unsaturated/α-hetero) is 1. The van der Waals surface area contributed by atoms with E-state index in [0.717, 1.165) is 16.8 Å². The first kappa shape index (κ1) is 22.1. The number of ether oxygens (including phenoxy) is 2. The molecule has 1 N–H and O–H groups in total. The minimum Gasteiger partial charge on any atom is -0.497 e. The van der Waals surface area contributed by atoms with Crippen molar-refractivity contribution < 1.29 is 19.1 Å². The summed E-state index contributed by atoms with van der Waals surface area (Å²) in [6.45, 7) is 6.56. The lowest BCUT2D eigenvalue weighted by molar-refractivity contribution is -0.122. The fourth-order valence-corrected chi connectivity index (χ4v) is 4.83. The first-order valence-electron chi connectivity index (χ1n) is 11.1.